The van der Waals surface area contributed by atoms with Crippen molar-refractivity contribution in [1.29, 1.82) is 0 Å². The number of nitrogens with zero attached hydrogens (tertiary/aromatic N) is 1. The molecule has 21 heavy (non-hydrogen) atoms. The lowest BCUT2D eigenvalue weighted by Crippen LogP contribution is -2.16. The Kier molecular flexibility index (Phi) is 8.11. The SMILES string of the molecule is CCCCCCOC(=O)/N=C(/N)c1csc(CNC=O)c1. The predicted molar refractivity (Wildman–Crippen MR) is 83.4 cm³/mol. The lowest BCUT2D eigenvalue weighted by Gasteiger charge is -2.01. The molecule has 2 amide bonds. The van der Waals surface area contributed by atoms with E-state index in [1.807, 2.05) is 0 Å². The number of carbonyl (C=O) groups excluding carboxylic acids is 2. The second-order valence-corrected chi connectivity index (χ2v) is 5.47. The van der Waals surface area contributed by atoms with Gasteiger partial charge in [-0.25, -0.2) is 4.79 Å². The third-order valence-corrected chi connectivity index (χ3v) is 3.68. The summed E-state index contributed by atoms with van der Waals surface area (Å²) in [5.41, 5.74) is 6.41. The minimum Gasteiger partial charge on any atom is -0.448 e. The molecule has 3 N–H and O–H groups in total. The molecule has 0 fully saturated rings. The smallest absolute Gasteiger partial charge is 0.435 e. The number of amidine groups is 1. The van der Waals surface area contributed by atoms with Crippen LogP contribution in [0.4, 0.5) is 4.79 Å². The van der Waals surface area contributed by atoms with Gasteiger partial charge in [-0.1, -0.05) is 26.2 Å². The monoisotopic (exact) mass is 311 g/mol. The van der Waals surface area contributed by atoms with Crippen LogP contribution >= 0.6 is 11.3 Å². The molecule has 0 radical (unpaired) electrons. The van der Waals surface area contributed by atoms with Gasteiger partial charge in [0.1, 0.15) is 5.84 Å². The van der Waals surface area contributed by atoms with Gasteiger partial charge < -0.3 is 15.8 Å². The fraction of sp³-hybridized carbons (Fsp3) is 0.500. The van der Waals surface area contributed by atoms with Crippen LogP contribution in [0, 0.1) is 0 Å². The van der Waals surface area contributed by atoms with Crippen LogP contribution in [0.25, 0.3) is 0 Å². The first-order valence-corrected chi connectivity index (χ1v) is 7.81. The number of rotatable bonds is 9. The molecule has 1 aromatic rings. The van der Waals surface area contributed by atoms with Crippen LogP contribution < -0.4 is 11.1 Å². The van der Waals surface area contributed by atoms with Crippen LogP contribution in [-0.2, 0) is 16.1 Å². The third kappa shape index (κ3) is 6.89. The number of unbranched alkanes of at least 4 members (excludes halogenated alkanes) is 3. The molecule has 0 saturated carbocycles. The van der Waals surface area contributed by atoms with Gasteiger partial charge in [-0.05, 0) is 12.5 Å². The van der Waals surface area contributed by atoms with Crippen LogP contribution in [0.2, 0.25) is 0 Å². The van der Waals surface area contributed by atoms with Crippen molar-refractivity contribution >= 4 is 29.7 Å². The molecule has 1 aromatic heterocycles. The topological polar surface area (TPSA) is 93.8 Å². The molecule has 0 spiro atoms. The minimum atomic E-state index is -0.664. The molecule has 6 nitrogen and oxygen atoms in total. The summed E-state index contributed by atoms with van der Waals surface area (Å²) < 4.78 is 4.99. The number of hydrogen-bond donors (Lipinski definition) is 2. The first kappa shape index (κ1) is 17.2. The average molecular weight is 311 g/mol. The van der Waals surface area contributed by atoms with Crippen molar-refractivity contribution < 1.29 is 14.3 Å². The minimum absolute atomic E-state index is 0.127. The number of thiophene rings is 1. The zero-order chi connectivity index (χ0) is 15.5. The normalized spacial score (nSPS) is 11.2. The molecule has 0 atom stereocenters. The van der Waals surface area contributed by atoms with E-state index in [1.165, 1.54) is 11.3 Å². The van der Waals surface area contributed by atoms with Crippen LogP contribution in [0.15, 0.2) is 16.4 Å². The highest BCUT2D eigenvalue weighted by molar-refractivity contribution is 7.10. The summed E-state index contributed by atoms with van der Waals surface area (Å²) in [7, 11) is 0. The van der Waals surface area contributed by atoms with E-state index in [9.17, 15) is 9.59 Å². The highest BCUT2D eigenvalue weighted by Crippen LogP contribution is 2.14. The molecular formula is C14H21N3O3S. The molecule has 1 rings (SSSR count). The summed E-state index contributed by atoms with van der Waals surface area (Å²) in [4.78, 5) is 26.3. The van der Waals surface area contributed by atoms with Crippen molar-refractivity contribution in [3.63, 3.8) is 0 Å². The predicted octanol–water partition coefficient (Wildman–Crippen LogP) is 2.42. The molecule has 0 aliphatic carbocycles. The lowest BCUT2D eigenvalue weighted by atomic mass is 10.2. The first-order valence-electron chi connectivity index (χ1n) is 6.93. The molecule has 0 aliphatic rings. The van der Waals surface area contributed by atoms with Crippen molar-refractivity contribution in [2.24, 2.45) is 10.7 Å². The molecule has 1 heterocycles. The largest absolute Gasteiger partial charge is 0.448 e. The summed E-state index contributed by atoms with van der Waals surface area (Å²) in [5, 5.41) is 4.35. The number of ether oxygens (including phenoxy) is 1. The summed E-state index contributed by atoms with van der Waals surface area (Å²) >= 11 is 1.44. The Morgan fingerprint density at radius 1 is 1.48 bits per heavy atom. The van der Waals surface area contributed by atoms with E-state index >= 15 is 0 Å². The van der Waals surface area contributed by atoms with Gasteiger partial charge in [0, 0.05) is 15.8 Å². The second-order valence-electron chi connectivity index (χ2n) is 4.47. The lowest BCUT2D eigenvalue weighted by molar-refractivity contribution is -0.109. The maximum absolute atomic E-state index is 11.5. The van der Waals surface area contributed by atoms with Gasteiger partial charge in [0.25, 0.3) is 0 Å². The fourth-order valence-corrected chi connectivity index (χ4v) is 2.46. The number of amides is 2. The Bertz CT molecular complexity index is 486. The van der Waals surface area contributed by atoms with Gasteiger partial charge in [0.15, 0.2) is 0 Å². The highest BCUT2D eigenvalue weighted by Gasteiger charge is 2.07. The molecule has 0 aromatic carbocycles. The Balaban J connectivity index is 2.41. The van der Waals surface area contributed by atoms with Crippen LogP contribution in [-0.4, -0.2) is 24.9 Å². The molecule has 116 valence electrons. The van der Waals surface area contributed by atoms with Gasteiger partial charge in [0.2, 0.25) is 6.41 Å². The molecule has 0 aliphatic heterocycles. The van der Waals surface area contributed by atoms with Gasteiger partial charge in [-0.3, -0.25) is 4.79 Å². The third-order valence-electron chi connectivity index (χ3n) is 2.74. The van der Waals surface area contributed by atoms with Gasteiger partial charge in [0.05, 0.1) is 13.2 Å². The molecule has 0 unspecified atom stereocenters. The maximum Gasteiger partial charge on any atom is 0.435 e. The van der Waals surface area contributed by atoms with E-state index in [-0.39, 0.29) is 5.84 Å². The summed E-state index contributed by atoms with van der Waals surface area (Å²) in [6.07, 6.45) is 4.12. The maximum atomic E-state index is 11.5. The van der Waals surface area contributed by atoms with Crippen molar-refractivity contribution in [3.8, 4) is 0 Å². The van der Waals surface area contributed by atoms with E-state index in [0.717, 1.165) is 30.6 Å². The molecule has 0 saturated heterocycles. The summed E-state index contributed by atoms with van der Waals surface area (Å²) in [6, 6.07) is 1.79. The van der Waals surface area contributed by atoms with E-state index in [1.54, 1.807) is 11.4 Å². The average Bonchev–Trinajstić information content (AvgIpc) is 2.93. The van der Waals surface area contributed by atoms with Crippen molar-refractivity contribution in [3.05, 3.63) is 21.9 Å². The zero-order valence-electron chi connectivity index (χ0n) is 12.1. The van der Waals surface area contributed by atoms with Crippen molar-refractivity contribution in [1.82, 2.24) is 5.32 Å². The first-order chi connectivity index (χ1) is 10.2. The van der Waals surface area contributed by atoms with Crippen molar-refractivity contribution in [2.45, 2.75) is 39.2 Å². The zero-order valence-corrected chi connectivity index (χ0v) is 12.9. The number of nitrogens with two attached hydrogens (primary N) is 1. The number of nitrogens with one attached hydrogen (secondary N) is 1. The van der Waals surface area contributed by atoms with E-state index in [0.29, 0.717) is 25.1 Å². The second kappa shape index (κ2) is 9.93. The standard InChI is InChI=1S/C14H21N3O3S/c1-2-3-4-5-6-20-14(19)17-13(15)11-7-12(21-9-11)8-16-10-18/h7,9-10H,2-6,8H2,1H3,(H,16,18)(H2,15,17,19). The van der Waals surface area contributed by atoms with Crippen LogP contribution in [0.3, 0.4) is 0 Å². The fourth-order valence-electron chi connectivity index (χ4n) is 1.63. The molecule has 7 heteroatoms. The number of carbonyl (C=O) groups is 2. The Hall–Kier alpha value is -1.89. The van der Waals surface area contributed by atoms with E-state index in [4.69, 9.17) is 10.5 Å². The quantitative estimate of drug-likeness (QED) is 0.317. The van der Waals surface area contributed by atoms with E-state index < -0.39 is 6.09 Å². The van der Waals surface area contributed by atoms with Gasteiger partial charge >= 0.3 is 6.09 Å². The Morgan fingerprint density at radius 2 is 2.29 bits per heavy atom. The van der Waals surface area contributed by atoms with E-state index in [2.05, 4.69) is 17.2 Å². The van der Waals surface area contributed by atoms with Crippen molar-refractivity contribution in [2.75, 3.05) is 6.61 Å². The Morgan fingerprint density at radius 3 is 3.00 bits per heavy atom. The molecular weight excluding hydrogens is 290 g/mol. The Labute approximate surface area is 128 Å². The number of hydrogen-bond acceptors (Lipinski definition) is 4. The van der Waals surface area contributed by atoms with Crippen LogP contribution in [0.5, 0.6) is 0 Å². The van der Waals surface area contributed by atoms with Crippen LogP contribution in [0.1, 0.15) is 43.0 Å². The summed E-state index contributed by atoms with van der Waals surface area (Å²) in [6.45, 7) is 2.92. The highest BCUT2D eigenvalue weighted by atomic mass is 32.1. The summed E-state index contributed by atoms with van der Waals surface area (Å²) in [5.74, 6) is 0.127. The van der Waals surface area contributed by atoms with Gasteiger partial charge in [-0.15, -0.1) is 11.3 Å². The molecule has 0 bridgehead atoms. The number of aliphatic imine (C=N–C) groups is 1. The van der Waals surface area contributed by atoms with Gasteiger partial charge in [-0.2, -0.15) is 4.99 Å².